The van der Waals surface area contributed by atoms with E-state index in [1.807, 2.05) is 28.8 Å². The van der Waals surface area contributed by atoms with Gasteiger partial charge in [-0.2, -0.15) is 0 Å². The Morgan fingerprint density at radius 1 is 1.06 bits per heavy atom. The van der Waals surface area contributed by atoms with Gasteiger partial charge < -0.3 is 4.74 Å². The minimum atomic E-state index is 0.0833. The summed E-state index contributed by atoms with van der Waals surface area (Å²) in [4.78, 5) is 21.0. The van der Waals surface area contributed by atoms with Crippen LogP contribution in [0.3, 0.4) is 0 Å². The van der Waals surface area contributed by atoms with Gasteiger partial charge in [-0.05, 0) is 61.9 Å². The number of unbranched alkanes of at least 4 members (excludes halogenated alkanes) is 5. The Labute approximate surface area is 193 Å². The maximum atomic E-state index is 13.7. The van der Waals surface area contributed by atoms with Crippen molar-refractivity contribution in [3.63, 3.8) is 0 Å². The van der Waals surface area contributed by atoms with E-state index in [2.05, 4.69) is 6.92 Å². The van der Waals surface area contributed by atoms with Gasteiger partial charge in [0.1, 0.15) is 10.6 Å². The Kier molecular flexibility index (Phi) is 7.72. The predicted octanol–water partition coefficient (Wildman–Crippen LogP) is 6.79. The van der Waals surface area contributed by atoms with E-state index in [1.165, 1.54) is 49.0 Å². The van der Waals surface area contributed by atoms with Crippen LogP contribution in [0.15, 0.2) is 34.2 Å². The van der Waals surface area contributed by atoms with Crippen LogP contribution in [0.4, 0.5) is 0 Å². The van der Waals surface area contributed by atoms with E-state index in [-0.39, 0.29) is 5.56 Å². The number of benzene rings is 1. The highest BCUT2D eigenvalue weighted by Crippen LogP contribution is 2.35. The molecule has 4 nitrogen and oxygen atoms in total. The highest BCUT2D eigenvalue weighted by molar-refractivity contribution is 7.99. The fourth-order valence-electron chi connectivity index (χ4n) is 4.29. The quantitative estimate of drug-likeness (QED) is 0.191. The van der Waals surface area contributed by atoms with Crippen LogP contribution in [0.5, 0.6) is 5.75 Å². The average molecular weight is 457 g/mol. The van der Waals surface area contributed by atoms with Crippen molar-refractivity contribution in [2.75, 3.05) is 12.9 Å². The van der Waals surface area contributed by atoms with Crippen LogP contribution in [0.25, 0.3) is 15.9 Å². The number of fused-ring (bicyclic) bond motifs is 3. The molecule has 0 saturated carbocycles. The molecule has 0 atom stereocenters. The largest absolute Gasteiger partial charge is 0.497 e. The summed E-state index contributed by atoms with van der Waals surface area (Å²) in [6.45, 7) is 2.25. The smallest absolute Gasteiger partial charge is 0.267 e. The van der Waals surface area contributed by atoms with Crippen molar-refractivity contribution in [3.8, 4) is 11.4 Å². The number of hydrogen-bond donors (Lipinski definition) is 0. The van der Waals surface area contributed by atoms with Gasteiger partial charge in [-0.1, -0.05) is 50.8 Å². The maximum Gasteiger partial charge on any atom is 0.267 e. The summed E-state index contributed by atoms with van der Waals surface area (Å²) in [5.74, 6) is 1.78. The molecule has 0 aliphatic heterocycles. The molecule has 1 aliphatic rings. The summed E-state index contributed by atoms with van der Waals surface area (Å²) in [6, 6.07) is 7.75. The Hall–Kier alpha value is -1.79. The van der Waals surface area contributed by atoms with Crippen LogP contribution < -0.4 is 10.3 Å². The van der Waals surface area contributed by atoms with Gasteiger partial charge >= 0.3 is 0 Å². The summed E-state index contributed by atoms with van der Waals surface area (Å²) in [5.41, 5.74) is 2.19. The Bertz CT molecular complexity index is 1070. The molecule has 166 valence electrons. The molecule has 0 radical (unpaired) electrons. The van der Waals surface area contributed by atoms with E-state index >= 15 is 0 Å². The second kappa shape index (κ2) is 10.7. The van der Waals surface area contributed by atoms with Crippen molar-refractivity contribution in [2.24, 2.45) is 0 Å². The average Bonchev–Trinajstić information content (AvgIpc) is 3.17. The summed E-state index contributed by atoms with van der Waals surface area (Å²) in [6.07, 6.45) is 12.1. The van der Waals surface area contributed by atoms with E-state index in [0.717, 1.165) is 58.2 Å². The minimum absolute atomic E-state index is 0.0833. The molecule has 2 heterocycles. The molecule has 3 aromatic rings. The first-order valence-electron chi connectivity index (χ1n) is 11.6. The predicted molar refractivity (Wildman–Crippen MR) is 133 cm³/mol. The van der Waals surface area contributed by atoms with E-state index in [1.54, 1.807) is 30.2 Å². The third kappa shape index (κ3) is 5.01. The van der Waals surface area contributed by atoms with Crippen LogP contribution >= 0.6 is 23.1 Å². The van der Waals surface area contributed by atoms with Crippen LogP contribution in [0.1, 0.15) is 68.7 Å². The molecule has 0 spiro atoms. The summed E-state index contributed by atoms with van der Waals surface area (Å²) in [7, 11) is 1.66. The first-order chi connectivity index (χ1) is 15.2. The highest BCUT2D eigenvalue weighted by Gasteiger charge is 2.22. The van der Waals surface area contributed by atoms with E-state index in [0.29, 0.717) is 0 Å². The fourth-order valence-corrected chi connectivity index (χ4v) is 6.60. The lowest BCUT2D eigenvalue weighted by atomic mass is 9.97. The van der Waals surface area contributed by atoms with Gasteiger partial charge in [0.05, 0.1) is 18.2 Å². The zero-order valence-corrected chi connectivity index (χ0v) is 20.2. The number of aryl methyl sites for hydroxylation is 2. The van der Waals surface area contributed by atoms with Gasteiger partial charge in [-0.25, -0.2) is 4.98 Å². The molecule has 0 unspecified atom stereocenters. The number of nitrogens with zero attached hydrogens (tertiary/aromatic N) is 2. The molecule has 0 saturated heterocycles. The normalized spacial score (nSPS) is 13.5. The van der Waals surface area contributed by atoms with Crippen molar-refractivity contribution in [3.05, 3.63) is 45.1 Å². The zero-order chi connectivity index (χ0) is 21.6. The Balaban J connectivity index is 1.66. The second-order valence-corrected chi connectivity index (χ2v) is 10.4. The van der Waals surface area contributed by atoms with Gasteiger partial charge in [0.15, 0.2) is 5.16 Å². The van der Waals surface area contributed by atoms with E-state index in [9.17, 15) is 4.79 Å². The van der Waals surface area contributed by atoms with Crippen molar-refractivity contribution in [1.29, 1.82) is 0 Å². The third-order valence-corrected chi connectivity index (χ3v) is 8.23. The number of rotatable bonds is 10. The molecule has 0 amide bonds. The van der Waals surface area contributed by atoms with Crippen molar-refractivity contribution < 1.29 is 4.74 Å². The topological polar surface area (TPSA) is 44.1 Å². The molecular weight excluding hydrogens is 424 g/mol. The standard InChI is InChI=1S/C25H32N2O2S2/c1-3-4-5-6-7-10-17-30-25-26-23-22(20-11-8-9-12-21(20)31-23)24(28)27(25)18-13-15-19(29-2)16-14-18/h13-16H,3-12,17H2,1-2H3. The lowest BCUT2D eigenvalue weighted by Gasteiger charge is -2.14. The molecule has 6 heteroatoms. The van der Waals surface area contributed by atoms with Crippen LogP contribution in [0.2, 0.25) is 0 Å². The first kappa shape index (κ1) is 22.4. The maximum absolute atomic E-state index is 13.7. The van der Waals surface area contributed by atoms with E-state index < -0.39 is 0 Å². The third-order valence-electron chi connectivity index (χ3n) is 6.02. The number of thioether (sulfide) groups is 1. The van der Waals surface area contributed by atoms with Crippen LogP contribution in [-0.4, -0.2) is 22.4 Å². The first-order valence-corrected chi connectivity index (χ1v) is 13.4. The Morgan fingerprint density at radius 2 is 1.81 bits per heavy atom. The molecule has 0 N–H and O–H groups in total. The van der Waals surface area contributed by atoms with Gasteiger partial charge in [0.25, 0.3) is 5.56 Å². The van der Waals surface area contributed by atoms with Gasteiger partial charge in [-0.3, -0.25) is 9.36 Å². The number of methoxy groups -OCH3 is 1. The molecular formula is C25H32N2O2S2. The highest BCUT2D eigenvalue weighted by atomic mass is 32.2. The molecule has 0 fully saturated rings. The minimum Gasteiger partial charge on any atom is -0.497 e. The van der Waals surface area contributed by atoms with Crippen molar-refractivity contribution in [2.45, 2.75) is 76.3 Å². The lowest BCUT2D eigenvalue weighted by molar-refractivity contribution is 0.414. The fraction of sp³-hybridized carbons (Fsp3) is 0.520. The molecule has 2 aromatic heterocycles. The molecule has 0 bridgehead atoms. The zero-order valence-electron chi connectivity index (χ0n) is 18.6. The molecule has 1 aromatic carbocycles. The lowest BCUT2D eigenvalue weighted by Crippen LogP contribution is -2.22. The molecule has 31 heavy (non-hydrogen) atoms. The SMILES string of the molecule is CCCCCCCCSc1nc2sc3c(c2c(=O)n1-c1ccc(OC)cc1)CCCC3. The second-order valence-electron chi connectivity index (χ2n) is 8.24. The number of ether oxygens (including phenoxy) is 1. The summed E-state index contributed by atoms with van der Waals surface area (Å²) >= 11 is 3.45. The van der Waals surface area contributed by atoms with Crippen molar-refractivity contribution >= 4 is 33.3 Å². The van der Waals surface area contributed by atoms with Crippen LogP contribution in [-0.2, 0) is 12.8 Å². The number of thiophene rings is 1. The van der Waals surface area contributed by atoms with Crippen molar-refractivity contribution in [1.82, 2.24) is 9.55 Å². The van der Waals surface area contributed by atoms with Gasteiger partial charge in [-0.15, -0.1) is 11.3 Å². The van der Waals surface area contributed by atoms with Gasteiger partial charge in [0, 0.05) is 10.6 Å². The van der Waals surface area contributed by atoms with Gasteiger partial charge in [0.2, 0.25) is 0 Å². The molecule has 4 rings (SSSR count). The van der Waals surface area contributed by atoms with E-state index in [4.69, 9.17) is 9.72 Å². The Morgan fingerprint density at radius 3 is 2.58 bits per heavy atom. The summed E-state index contributed by atoms with van der Waals surface area (Å²) in [5, 5.41) is 1.66. The number of hydrogen-bond acceptors (Lipinski definition) is 5. The summed E-state index contributed by atoms with van der Waals surface area (Å²) < 4.78 is 7.14. The molecule has 1 aliphatic carbocycles. The van der Waals surface area contributed by atoms with Crippen LogP contribution in [0, 0.1) is 0 Å². The number of aromatic nitrogens is 2. The monoisotopic (exact) mass is 456 g/mol.